The molecule has 0 fully saturated rings. The maximum Gasteiger partial charge on any atom is 0.431 e. The Hall–Kier alpha value is -6.27. The number of hydrogen-bond acceptors (Lipinski definition) is 6. The van der Waals surface area contributed by atoms with Crippen molar-refractivity contribution in [3.05, 3.63) is 145 Å². The van der Waals surface area contributed by atoms with Crippen LogP contribution in [-0.2, 0) is 0 Å². The van der Waals surface area contributed by atoms with Gasteiger partial charge in [0, 0.05) is 81.0 Å². The summed E-state index contributed by atoms with van der Waals surface area (Å²) in [6, 6.07) is 39.1. The third-order valence-corrected chi connectivity index (χ3v) is 10.5. The third kappa shape index (κ3) is 3.76. The summed E-state index contributed by atoms with van der Waals surface area (Å²) in [7, 11) is 0. The van der Waals surface area contributed by atoms with Crippen LogP contribution >= 0.6 is 0 Å². The highest BCUT2D eigenvalue weighted by Crippen LogP contribution is 2.47. The number of para-hydroxylation sites is 2. The molecule has 2 aromatic heterocycles. The predicted octanol–water partition coefficient (Wildman–Crippen LogP) is 6.99. The van der Waals surface area contributed by atoms with Gasteiger partial charge in [0.05, 0.1) is 0 Å². The SMILES string of the molecule is Cc1cc2c3c(c1)N(c1ccccc1)c1cc4c(cc1B3Oc1ccncc1-2)B1Oc2ccncc2-c2cc(C)cc(c21)N4c1ccccc1. The van der Waals surface area contributed by atoms with Crippen molar-refractivity contribution in [1.82, 2.24) is 9.97 Å². The highest BCUT2D eigenvalue weighted by molar-refractivity contribution is 6.89. The van der Waals surface area contributed by atoms with E-state index in [4.69, 9.17) is 9.31 Å². The van der Waals surface area contributed by atoms with Gasteiger partial charge in [-0.1, -0.05) is 54.6 Å². The Morgan fingerprint density at radius 1 is 0.480 bits per heavy atom. The average Bonchev–Trinajstić information content (AvgIpc) is 3.15. The number of nitrogens with zero attached hydrogens (tertiary/aromatic N) is 4. The summed E-state index contributed by atoms with van der Waals surface area (Å²) < 4.78 is 14.0. The van der Waals surface area contributed by atoms with Crippen LogP contribution in [0.5, 0.6) is 11.5 Å². The van der Waals surface area contributed by atoms with E-state index in [9.17, 15) is 0 Å². The van der Waals surface area contributed by atoms with Gasteiger partial charge >= 0.3 is 13.8 Å². The number of aryl methyl sites for hydroxylation is 2. The molecule has 0 saturated carbocycles. The normalized spacial score (nSPS) is 14.0. The second-order valence-corrected chi connectivity index (χ2v) is 13.5. The highest BCUT2D eigenvalue weighted by atomic mass is 16.4. The van der Waals surface area contributed by atoms with E-state index in [-0.39, 0.29) is 13.8 Å². The van der Waals surface area contributed by atoms with Crippen LogP contribution in [0, 0.1) is 13.8 Å². The van der Waals surface area contributed by atoms with Crippen LogP contribution < -0.4 is 41.0 Å². The molecular formula is C42H28B2N4O2. The van der Waals surface area contributed by atoms with Gasteiger partial charge in [-0.2, -0.15) is 0 Å². The topological polar surface area (TPSA) is 50.7 Å². The summed E-state index contributed by atoms with van der Waals surface area (Å²) in [5, 5.41) is 0. The number of rotatable bonds is 2. The van der Waals surface area contributed by atoms with Gasteiger partial charge in [-0.15, -0.1) is 0 Å². The molecular weight excluding hydrogens is 614 g/mol. The van der Waals surface area contributed by atoms with Crippen molar-refractivity contribution < 1.29 is 9.31 Å². The Kier molecular flexibility index (Phi) is 5.60. The number of hydrogen-bond donors (Lipinski definition) is 0. The lowest BCUT2D eigenvalue weighted by molar-refractivity contribution is 0.588. The van der Waals surface area contributed by atoms with Crippen LogP contribution in [-0.4, -0.2) is 23.8 Å². The van der Waals surface area contributed by atoms with Crippen molar-refractivity contribution in [2.24, 2.45) is 0 Å². The molecule has 0 bridgehead atoms. The highest BCUT2D eigenvalue weighted by Gasteiger charge is 2.48. The van der Waals surface area contributed by atoms with E-state index >= 15 is 0 Å². The maximum absolute atomic E-state index is 7.01. The summed E-state index contributed by atoms with van der Waals surface area (Å²) in [5.74, 6) is 1.69. The monoisotopic (exact) mass is 642 g/mol. The zero-order valence-corrected chi connectivity index (χ0v) is 27.5. The van der Waals surface area contributed by atoms with Crippen LogP contribution in [0.1, 0.15) is 11.1 Å². The van der Waals surface area contributed by atoms with Gasteiger partial charge in [-0.3, -0.25) is 9.97 Å². The smallest absolute Gasteiger partial charge is 0.431 e. The van der Waals surface area contributed by atoms with E-state index in [0.717, 1.165) is 89.7 Å². The Bertz CT molecular complexity index is 2390. The number of anilines is 6. The minimum atomic E-state index is -0.320. The lowest BCUT2D eigenvalue weighted by Gasteiger charge is -2.43. The molecule has 4 aliphatic heterocycles. The molecule has 50 heavy (non-hydrogen) atoms. The van der Waals surface area contributed by atoms with Gasteiger partial charge < -0.3 is 19.1 Å². The first kappa shape index (κ1) is 27.7. The summed E-state index contributed by atoms with van der Waals surface area (Å²) >= 11 is 0. The van der Waals surface area contributed by atoms with E-state index in [2.05, 4.69) is 131 Å². The molecule has 4 aliphatic rings. The molecule has 6 nitrogen and oxygen atoms in total. The second-order valence-electron chi connectivity index (χ2n) is 13.5. The van der Waals surface area contributed by atoms with Crippen LogP contribution in [0.25, 0.3) is 22.3 Å². The van der Waals surface area contributed by atoms with Gasteiger partial charge in [0.1, 0.15) is 11.5 Å². The van der Waals surface area contributed by atoms with Crippen LogP contribution in [0.15, 0.2) is 134 Å². The van der Waals surface area contributed by atoms with Gasteiger partial charge in [-0.05, 0) is 102 Å². The fourth-order valence-electron chi connectivity index (χ4n) is 8.50. The van der Waals surface area contributed by atoms with Crippen molar-refractivity contribution in [2.75, 3.05) is 9.80 Å². The van der Waals surface area contributed by atoms with Crippen molar-refractivity contribution in [3.8, 4) is 33.8 Å². The first-order valence-electron chi connectivity index (χ1n) is 17.0. The zero-order valence-electron chi connectivity index (χ0n) is 27.5. The maximum atomic E-state index is 7.01. The van der Waals surface area contributed by atoms with E-state index in [1.54, 1.807) is 0 Å². The molecule has 234 valence electrons. The Labute approximate surface area is 290 Å². The Morgan fingerprint density at radius 2 is 0.940 bits per heavy atom. The minimum Gasteiger partial charge on any atom is -0.551 e. The molecule has 0 amide bonds. The molecule has 0 aliphatic carbocycles. The lowest BCUT2D eigenvalue weighted by atomic mass is 9.45. The number of benzene rings is 5. The first-order valence-corrected chi connectivity index (χ1v) is 17.0. The van der Waals surface area contributed by atoms with E-state index < -0.39 is 0 Å². The van der Waals surface area contributed by atoms with Crippen molar-refractivity contribution in [3.63, 3.8) is 0 Å². The van der Waals surface area contributed by atoms with Crippen molar-refractivity contribution >= 4 is 69.8 Å². The predicted molar refractivity (Wildman–Crippen MR) is 203 cm³/mol. The van der Waals surface area contributed by atoms with Gasteiger partial charge in [0.2, 0.25) is 0 Å². The molecule has 0 saturated heterocycles. The largest absolute Gasteiger partial charge is 0.551 e. The molecule has 0 unspecified atom stereocenters. The van der Waals surface area contributed by atoms with E-state index in [0.29, 0.717) is 0 Å². The quantitative estimate of drug-likeness (QED) is 0.190. The summed E-state index contributed by atoms with van der Waals surface area (Å²) in [4.78, 5) is 13.8. The van der Waals surface area contributed by atoms with Crippen LogP contribution in [0.4, 0.5) is 34.1 Å². The van der Waals surface area contributed by atoms with Gasteiger partial charge in [0.15, 0.2) is 0 Å². The first-order chi connectivity index (χ1) is 24.6. The Balaban J connectivity index is 1.24. The Morgan fingerprint density at radius 3 is 1.40 bits per heavy atom. The fraction of sp³-hybridized carbons (Fsp3) is 0.0476. The van der Waals surface area contributed by atoms with Gasteiger partial charge in [-0.25, -0.2) is 0 Å². The lowest BCUT2D eigenvalue weighted by Crippen LogP contribution is -2.61. The molecule has 7 aromatic rings. The second kappa shape index (κ2) is 10.1. The number of aromatic nitrogens is 2. The van der Waals surface area contributed by atoms with E-state index in [1.165, 1.54) is 11.1 Å². The third-order valence-electron chi connectivity index (χ3n) is 10.5. The van der Waals surface area contributed by atoms with Crippen LogP contribution in [0.2, 0.25) is 0 Å². The average molecular weight is 642 g/mol. The van der Waals surface area contributed by atoms with Gasteiger partial charge in [0.25, 0.3) is 0 Å². The molecule has 0 spiro atoms. The van der Waals surface area contributed by atoms with Crippen molar-refractivity contribution in [1.29, 1.82) is 0 Å². The van der Waals surface area contributed by atoms with Crippen LogP contribution in [0.3, 0.4) is 0 Å². The summed E-state index contributed by atoms with van der Waals surface area (Å²) in [6.07, 6.45) is 7.48. The standard InChI is InChI=1S/C42H28B2N4O2/c1-25-17-29-31-23-45-15-13-39(31)49-43-33-21-34-36(22-35(33)47(37(19-25)41(29)43)27-9-5-3-6-10-27)48(28-11-7-4-8-12-28)38-20-26(2)18-30-32-24-46-16-14-40(32)50-44(34)42(30)38/h3-24H,1-2H3. The summed E-state index contributed by atoms with van der Waals surface area (Å²) in [5.41, 5.74) is 17.8. The molecule has 0 atom stereocenters. The van der Waals surface area contributed by atoms with Crippen molar-refractivity contribution in [2.45, 2.75) is 13.8 Å². The molecule has 11 rings (SSSR count). The molecule has 5 aromatic carbocycles. The number of fused-ring (bicyclic) bond motifs is 8. The van der Waals surface area contributed by atoms with E-state index in [1.807, 2.05) is 36.9 Å². The molecule has 0 N–H and O–H groups in total. The fourth-order valence-corrected chi connectivity index (χ4v) is 8.50. The zero-order chi connectivity index (χ0) is 33.1. The molecule has 8 heteroatoms. The minimum absolute atomic E-state index is 0.320. The number of pyridine rings is 2. The molecule has 6 heterocycles. The summed E-state index contributed by atoms with van der Waals surface area (Å²) in [6.45, 7) is 3.70. The molecule has 0 radical (unpaired) electrons.